The van der Waals surface area contributed by atoms with Crippen LogP contribution in [0.3, 0.4) is 0 Å². The van der Waals surface area contributed by atoms with E-state index in [9.17, 15) is 8.42 Å². The highest BCUT2D eigenvalue weighted by molar-refractivity contribution is 14.0. The molecule has 0 radical (unpaired) electrons. The van der Waals surface area contributed by atoms with Crippen molar-refractivity contribution in [3.8, 4) is 0 Å². The molecule has 0 aliphatic carbocycles. The van der Waals surface area contributed by atoms with Crippen molar-refractivity contribution >= 4 is 40.0 Å². The fourth-order valence-electron chi connectivity index (χ4n) is 3.66. The molecule has 0 saturated carbocycles. The van der Waals surface area contributed by atoms with E-state index in [0.717, 1.165) is 36.8 Å². The maximum atomic E-state index is 11.4. The SMILES string of the molecule is CC1CN(C(C)C)CC1NC(=NCc1ccc(S(N)(=O)=O)cc1)NCCc1ccco1.I. The largest absolute Gasteiger partial charge is 0.469 e. The van der Waals surface area contributed by atoms with Crippen LogP contribution in [0.4, 0.5) is 0 Å². The first-order chi connectivity index (χ1) is 14.7. The Hall–Kier alpha value is -1.63. The van der Waals surface area contributed by atoms with Crippen LogP contribution in [-0.4, -0.2) is 51.0 Å². The summed E-state index contributed by atoms with van der Waals surface area (Å²) in [7, 11) is -3.69. The molecule has 178 valence electrons. The normalized spacial score (nSPS) is 19.7. The Kier molecular flexibility index (Phi) is 9.99. The molecule has 1 aliphatic heterocycles. The van der Waals surface area contributed by atoms with Gasteiger partial charge in [-0.15, -0.1) is 24.0 Å². The maximum absolute atomic E-state index is 11.4. The molecule has 1 aromatic heterocycles. The molecule has 4 N–H and O–H groups in total. The molecular formula is C22H34IN5O3S. The van der Waals surface area contributed by atoms with Crippen molar-refractivity contribution in [2.45, 2.75) is 50.7 Å². The number of benzene rings is 1. The van der Waals surface area contributed by atoms with Gasteiger partial charge in [-0.2, -0.15) is 0 Å². The first-order valence-corrected chi connectivity index (χ1v) is 12.2. The number of primary sulfonamides is 1. The van der Waals surface area contributed by atoms with Gasteiger partial charge >= 0.3 is 0 Å². The Morgan fingerprint density at radius 1 is 1.25 bits per heavy atom. The fourth-order valence-corrected chi connectivity index (χ4v) is 4.17. The molecule has 1 aromatic carbocycles. The van der Waals surface area contributed by atoms with Gasteiger partial charge in [0.15, 0.2) is 5.96 Å². The number of aliphatic imine (C=N–C) groups is 1. The summed E-state index contributed by atoms with van der Waals surface area (Å²) in [4.78, 5) is 7.30. The molecule has 8 nitrogen and oxygen atoms in total. The number of nitrogens with two attached hydrogens (primary N) is 1. The summed E-state index contributed by atoms with van der Waals surface area (Å²) in [5, 5.41) is 12.2. The van der Waals surface area contributed by atoms with Gasteiger partial charge in [-0.1, -0.05) is 19.1 Å². The van der Waals surface area contributed by atoms with Crippen molar-refractivity contribution in [2.24, 2.45) is 16.0 Å². The van der Waals surface area contributed by atoms with E-state index in [1.807, 2.05) is 12.1 Å². The van der Waals surface area contributed by atoms with E-state index in [-0.39, 0.29) is 28.9 Å². The van der Waals surface area contributed by atoms with Gasteiger partial charge in [0.25, 0.3) is 0 Å². The molecule has 0 bridgehead atoms. The highest BCUT2D eigenvalue weighted by Gasteiger charge is 2.31. The van der Waals surface area contributed by atoms with Crippen molar-refractivity contribution in [2.75, 3.05) is 19.6 Å². The molecule has 32 heavy (non-hydrogen) atoms. The smallest absolute Gasteiger partial charge is 0.238 e. The number of halogens is 1. The number of likely N-dealkylation sites (tertiary alicyclic amines) is 1. The second-order valence-corrected chi connectivity index (χ2v) is 9.95. The number of nitrogens with zero attached hydrogens (tertiary/aromatic N) is 2. The molecule has 1 aliphatic rings. The van der Waals surface area contributed by atoms with Crippen molar-refractivity contribution in [1.82, 2.24) is 15.5 Å². The van der Waals surface area contributed by atoms with Crippen LogP contribution in [0.15, 0.2) is 57.0 Å². The highest BCUT2D eigenvalue weighted by Crippen LogP contribution is 2.18. The lowest BCUT2D eigenvalue weighted by molar-refractivity contribution is 0.265. The van der Waals surface area contributed by atoms with Crippen LogP contribution in [-0.2, 0) is 23.0 Å². The van der Waals surface area contributed by atoms with Gasteiger partial charge in [0.05, 0.1) is 17.7 Å². The van der Waals surface area contributed by atoms with Crippen LogP contribution in [0, 0.1) is 5.92 Å². The molecule has 2 heterocycles. The van der Waals surface area contributed by atoms with Crippen LogP contribution in [0.5, 0.6) is 0 Å². The Bertz CT molecular complexity index is 962. The van der Waals surface area contributed by atoms with Gasteiger partial charge in [-0.25, -0.2) is 18.5 Å². The zero-order valence-corrected chi connectivity index (χ0v) is 22.0. The minimum Gasteiger partial charge on any atom is -0.469 e. The second-order valence-electron chi connectivity index (χ2n) is 8.39. The Morgan fingerprint density at radius 3 is 2.53 bits per heavy atom. The summed E-state index contributed by atoms with van der Waals surface area (Å²) < 4.78 is 28.3. The third-order valence-electron chi connectivity index (χ3n) is 5.61. The van der Waals surface area contributed by atoms with E-state index in [0.29, 0.717) is 31.1 Å². The maximum Gasteiger partial charge on any atom is 0.238 e. The molecule has 10 heteroatoms. The number of rotatable bonds is 8. The zero-order chi connectivity index (χ0) is 22.4. The van der Waals surface area contributed by atoms with Crippen molar-refractivity contribution < 1.29 is 12.8 Å². The van der Waals surface area contributed by atoms with Crippen LogP contribution in [0.2, 0.25) is 0 Å². The third kappa shape index (κ3) is 7.75. The molecule has 1 fully saturated rings. The summed E-state index contributed by atoms with van der Waals surface area (Å²) >= 11 is 0. The predicted octanol–water partition coefficient (Wildman–Crippen LogP) is 2.55. The summed E-state index contributed by atoms with van der Waals surface area (Å²) in [5.74, 6) is 2.17. The predicted molar refractivity (Wildman–Crippen MR) is 138 cm³/mol. The second kappa shape index (κ2) is 12.0. The lowest BCUT2D eigenvalue weighted by Crippen LogP contribution is -2.47. The average molecular weight is 576 g/mol. The topological polar surface area (TPSA) is 113 Å². The van der Waals surface area contributed by atoms with Crippen molar-refractivity contribution in [1.29, 1.82) is 0 Å². The lowest BCUT2D eigenvalue weighted by atomic mass is 10.1. The standard InChI is InChI=1S/C22H33N5O3S.HI/c1-16(2)27-14-17(3)21(15-27)26-22(24-11-10-19-5-4-12-30-19)25-13-18-6-8-20(9-7-18)31(23,28)29;/h4-9,12,16-17,21H,10-11,13-15H2,1-3H3,(H2,23,28,29)(H2,24,25,26);1H. The molecule has 3 rings (SSSR count). The van der Waals surface area contributed by atoms with Gasteiger partial charge in [0, 0.05) is 38.1 Å². The van der Waals surface area contributed by atoms with E-state index < -0.39 is 10.0 Å². The Balaban J connectivity index is 0.00000363. The molecule has 1 saturated heterocycles. The summed E-state index contributed by atoms with van der Waals surface area (Å²) in [5.41, 5.74) is 0.905. The average Bonchev–Trinajstić information content (AvgIpc) is 3.36. The van der Waals surface area contributed by atoms with Crippen molar-refractivity contribution in [3.05, 3.63) is 54.0 Å². The zero-order valence-electron chi connectivity index (χ0n) is 18.8. The molecular weight excluding hydrogens is 541 g/mol. The van der Waals surface area contributed by atoms with Gasteiger partial charge in [0.1, 0.15) is 5.76 Å². The van der Waals surface area contributed by atoms with Crippen LogP contribution in [0.25, 0.3) is 0 Å². The monoisotopic (exact) mass is 575 g/mol. The summed E-state index contributed by atoms with van der Waals surface area (Å²) in [6, 6.07) is 11.2. The number of hydrogen-bond acceptors (Lipinski definition) is 5. The van der Waals surface area contributed by atoms with Gasteiger partial charge in [-0.3, -0.25) is 4.90 Å². The number of sulfonamides is 1. The van der Waals surface area contributed by atoms with E-state index in [1.54, 1.807) is 18.4 Å². The van der Waals surface area contributed by atoms with E-state index >= 15 is 0 Å². The third-order valence-corrected chi connectivity index (χ3v) is 6.54. The molecule has 2 aromatic rings. The molecule has 0 spiro atoms. The first kappa shape index (κ1) is 26.6. The van der Waals surface area contributed by atoms with E-state index in [2.05, 4.69) is 36.3 Å². The molecule has 2 atom stereocenters. The van der Waals surface area contributed by atoms with Gasteiger partial charge < -0.3 is 15.1 Å². The van der Waals surface area contributed by atoms with E-state index in [1.165, 1.54) is 12.1 Å². The fraction of sp³-hybridized carbons (Fsp3) is 0.500. The van der Waals surface area contributed by atoms with E-state index in [4.69, 9.17) is 14.5 Å². The number of guanidine groups is 1. The first-order valence-electron chi connectivity index (χ1n) is 10.7. The minimum atomic E-state index is -3.69. The molecule has 2 unspecified atom stereocenters. The van der Waals surface area contributed by atoms with Crippen LogP contribution < -0.4 is 15.8 Å². The quantitative estimate of drug-likeness (QED) is 0.254. The number of nitrogens with one attached hydrogen (secondary N) is 2. The molecule has 0 amide bonds. The number of furan rings is 1. The van der Waals surface area contributed by atoms with Crippen molar-refractivity contribution in [3.63, 3.8) is 0 Å². The van der Waals surface area contributed by atoms with Gasteiger partial charge in [-0.05, 0) is 49.6 Å². The van der Waals surface area contributed by atoms with Gasteiger partial charge in [0.2, 0.25) is 10.0 Å². The summed E-state index contributed by atoms with van der Waals surface area (Å²) in [6.07, 6.45) is 2.43. The minimum absolute atomic E-state index is 0. The highest BCUT2D eigenvalue weighted by atomic mass is 127. The summed E-state index contributed by atoms with van der Waals surface area (Å²) in [6.45, 7) is 9.85. The Morgan fingerprint density at radius 2 is 1.97 bits per heavy atom. The lowest BCUT2D eigenvalue weighted by Gasteiger charge is -2.22. The van der Waals surface area contributed by atoms with Crippen LogP contribution >= 0.6 is 24.0 Å². The number of hydrogen-bond donors (Lipinski definition) is 3. The van der Waals surface area contributed by atoms with Crippen LogP contribution in [0.1, 0.15) is 32.1 Å². The Labute approximate surface area is 208 Å².